The van der Waals surface area contributed by atoms with Gasteiger partial charge in [0.05, 0.1) is 17.8 Å². The van der Waals surface area contributed by atoms with E-state index in [1.807, 2.05) is 13.8 Å². The van der Waals surface area contributed by atoms with Crippen LogP contribution in [0.25, 0.3) is 0 Å². The van der Waals surface area contributed by atoms with Gasteiger partial charge >= 0.3 is 0 Å². The average molecular weight is 417 g/mol. The van der Waals surface area contributed by atoms with E-state index in [4.69, 9.17) is 0 Å². The Hall–Kier alpha value is -0.900. The van der Waals surface area contributed by atoms with Crippen LogP contribution in [0, 0.1) is 23.2 Å². The van der Waals surface area contributed by atoms with Crippen molar-refractivity contribution in [1.82, 2.24) is 0 Å². The van der Waals surface area contributed by atoms with E-state index >= 15 is 0 Å². The average Bonchev–Trinajstić information content (AvgIpc) is 3.00. The molecule has 3 aliphatic rings. The van der Waals surface area contributed by atoms with Gasteiger partial charge in [-0.05, 0) is 93.1 Å². The zero-order valence-electron chi connectivity index (χ0n) is 19.7. The third kappa shape index (κ3) is 5.29. The van der Waals surface area contributed by atoms with Gasteiger partial charge in [-0.2, -0.15) is 0 Å². The van der Waals surface area contributed by atoms with E-state index in [0.717, 1.165) is 29.9 Å². The maximum absolute atomic E-state index is 10.1. The first kappa shape index (κ1) is 23.8. The standard InChI is InChI=1S/C27H44O3/c1-18(8-6-14-26(3,4)30)23-12-13-24-20(9-7-15-27(23,24)5)10-11-21-16-22(28)17-25(29)19(21)2/h10-11,18,22-25,28-30H,2,6-9,12-17H2,1,3-5H3/t18-,22+,23+,24-,25-,27+/m0/s1. The van der Waals surface area contributed by atoms with Gasteiger partial charge in [0.25, 0.3) is 0 Å². The van der Waals surface area contributed by atoms with Crippen LogP contribution in [-0.2, 0) is 0 Å². The van der Waals surface area contributed by atoms with Crippen molar-refractivity contribution in [3.8, 4) is 0 Å². The van der Waals surface area contributed by atoms with Gasteiger partial charge in [-0.3, -0.25) is 0 Å². The third-order valence-electron chi connectivity index (χ3n) is 8.44. The summed E-state index contributed by atoms with van der Waals surface area (Å²) in [7, 11) is 0. The molecule has 170 valence electrons. The number of aliphatic hydroxyl groups is 3. The van der Waals surface area contributed by atoms with E-state index in [0.29, 0.717) is 30.1 Å². The SMILES string of the molecule is C=C1C(=CC=C2CCC[C@]3(C)[C@@H]([C@@H](C)CCCC(C)(C)O)CC[C@@H]23)C[C@@H](O)C[C@@H]1O. The number of aliphatic hydroxyl groups excluding tert-OH is 2. The van der Waals surface area contributed by atoms with Crippen LogP contribution < -0.4 is 0 Å². The Morgan fingerprint density at radius 3 is 2.67 bits per heavy atom. The van der Waals surface area contributed by atoms with Crippen LogP contribution in [0.5, 0.6) is 0 Å². The summed E-state index contributed by atoms with van der Waals surface area (Å²) in [5.74, 6) is 2.11. The van der Waals surface area contributed by atoms with Crippen molar-refractivity contribution in [2.75, 3.05) is 0 Å². The minimum absolute atomic E-state index is 0.374. The molecule has 0 aliphatic heterocycles. The maximum atomic E-state index is 10.1. The van der Waals surface area contributed by atoms with E-state index < -0.39 is 17.8 Å². The highest BCUT2D eigenvalue weighted by Crippen LogP contribution is 2.60. The molecule has 0 aromatic carbocycles. The molecule has 6 atom stereocenters. The van der Waals surface area contributed by atoms with Gasteiger partial charge in [0, 0.05) is 6.42 Å². The smallest absolute Gasteiger partial charge is 0.0811 e. The fraction of sp³-hybridized carbons (Fsp3) is 0.778. The zero-order chi connectivity index (χ0) is 22.1. The van der Waals surface area contributed by atoms with Crippen molar-refractivity contribution < 1.29 is 15.3 Å². The lowest BCUT2D eigenvalue weighted by atomic mass is 9.60. The summed E-state index contributed by atoms with van der Waals surface area (Å²) >= 11 is 0. The van der Waals surface area contributed by atoms with Crippen LogP contribution in [0.2, 0.25) is 0 Å². The maximum Gasteiger partial charge on any atom is 0.0811 e. The molecule has 3 saturated carbocycles. The summed E-state index contributed by atoms with van der Waals surface area (Å²) in [6.07, 6.45) is 13.9. The van der Waals surface area contributed by atoms with Crippen molar-refractivity contribution in [3.05, 3.63) is 35.5 Å². The molecular weight excluding hydrogens is 372 g/mol. The summed E-state index contributed by atoms with van der Waals surface area (Å²) in [5.41, 5.74) is 3.17. The summed E-state index contributed by atoms with van der Waals surface area (Å²) in [4.78, 5) is 0. The molecule has 0 amide bonds. The molecule has 3 fully saturated rings. The Kier molecular flexibility index (Phi) is 7.37. The van der Waals surface area contributed by atoms with Gasteiger partial charge in [0.15, 0.2) is 0 Å². The van der Waals surface area contributed by atoms with E-state index in [-0.39, 0.29) is 0 Å². The highest BCUT2D eigenvalue weighted by atomic mass is 16.3. The molecule has 0 heterocycles. The minimum Gasteiger partial charge on any atom is -0.393 e. The quantitative estimate of drug-likeness (QED) is 0.520. The van der Waals surface area contributed by atoms with Crippen LogP contribution in [0.4, 0.5) is 0 Å². The van der Waals surface area contributed by atoms with Crippen molar-refractivity contribution in [1.29, 1.82) is 0 Å². The molecule has 3 nitrogen and oxygen atoms in total. The number of rotatable bonds is 6. The second kappa shape index (κ2) is 9.30. The summed E-state index contributed by atoms with van der Waals surface area (Å²) in [6, 6.07) is 0. The highest BCUT2D eigenvalue weighted by molar-refractivity contribution is 5.38. The van der Waals surface area contributed by atoms with Gasteiger partial charge in [-0.1, -0.05) is 51.0 Å². The van der Waals surface area contributed by atoms with Crippen LogP contribution in [0.1, 0.15) is 91.9 Å². The molecule has 30 heavy (non-hydrogen) atoms. The van der Waals surface area contributed by atoms with Gasteiger partial charge in [-0.25, -0.2) is 0 Å². The number of fused-ring (bicyclic) bond motifs is 1. The minimum atomic E-state index is -0.615. The van der Waals surface area contributed by atoms with Gasteiger partial charge in [0.2, 0.25) is 0 Å². The van der Waals surface area contributed by atoms with Gasteiger partial charge in [-0.15, -0.1) is 0 Å². The second-order valence-corrected chi connectivity index (χ2v) is 11.3. The molecule has 3 N–H and O–H groups in total. The van der Waals surface area contributed by atoms with Gasteiger partial charge in [0.1, 0.15) is 0 Å². The summed E-state index contributed by atoms with van der Waals surface area (Å²) in [5, 5.41) is 30.2. The molecule has 3 aliphatic carbocycles. The highest BCUT2D eigenvalue weighted by Gasteiger charge is 2.50. The Labute approximate surface area is 184 Å². The first-order valence-corrected chi connectivity index (χ1v) is 12.2. The predicted octanol–water partition coefficient (Wildman–Crippen LogP) is 5.70. The van der Waals surface area contributed by atoms with Crippen LogP contribution >= 0.6 is 0 Å². The Bertz CT molecular complexity index is 683. The third-order valence-corrected chi connectivity index (χ3v) is 8.44. The molecule has 0 spiro atoms. The van der Waals surface area contributed by atoms with Crippen molar-refractivity contribution in [2.24, 2.45) is 23.2 Å². The van der Waals surface area contributed by atoms with Crippen molar-refractivity contribution in [2.45, 2.75) is 110 Å². The second-order valence-electron chi connectivity index (χ2n) is 11.3. The fourth-order valence-electron chi connectivity index (χ4n) is 6.74. The lowest BCUT2D eigenvalue weighted by molar-refractivity contribution is 0.0596. The number of hydrogen-bond donors (Lipinski definition) is 3. The number of allylic oxidation sites excluding steroid dienone is 3. The monoisotopic (exact) mass is 416 g/mol. The lowest BCUT2D eigenvalue weighted by Gasteiger charge is -2.44. The summed E-state index contributed by atoms with van der Waals surface area (Å²) in [6.45, 7) is 12.8. The largest absolute Gasteiger partial charge is 0.393 e. The van der Waals surface area contributed by atoms with E-state index in [2.05, 4.69) is 32.6 Å². The molecule has 0 aromatic rings. The number of hydrogen-bond acceptors (Lipinski definition) is 3. The molecule has 0 bridgehead atoms. The van der Waals surface area contributed by atoms with Crippen molar-refractivity contribution >= 4 is 0 Å². The summed E-state index contributed by atoms with van der Waals surface area (Å²) < 4.78 is 0. The van der Waals surface area contributed by atoms with Crippen LogP contribution in [0.15, 0.2) is 35.5 Å². The molecule has 3 heteroatoms. The van der Waals surface area contributed by atoms with E-state index in [9.17, 15) is 15.3 Å². The molecule has 0 radical (unpaired) electrons. The first-order chi connectivity index (χ1) is 14.0. The van der Waals surface area contributed by atoms with Crippen LogP contribution in [0.3, 0.4) is 0 Å². The fourth-order valence-corrected chi connectivity index (χ4v) is 6.74. The Morgan fingerprint density at radius 2 is 1.97 bits per heavy atom. The Balaban J connectivity index is 1.70. The van der Waals surface area contributed by atoms with Crippen LogP contribution in [-0.4, -0.2) is 33.1 Å². The van der Waals surface area contributed by atoms with Gasteiger partial charge < -0.3 is 15.3 Å². The van der Waals surface area contributed by atoms with E-state index in [1.165, 1.54) is 38.5 Å². The van der Waals surface area contributed by atoms with Crippen molar-refractivity contribution in [3.63, 3.8) is 0 Å². The normalized spacial score (nSPS) is 38.8. The molecule has 0 saturated heterocycles. The first-order valence-electron chi connectivity index (χ1n) is 12.2. The molecule has 0 aromatic heterocycles. The topological polar surface area (TPSA) is 60.7 Å². The zero-order valence-corrected chi connectivity index (χ0v) is 19.7. The van der Waals surface area contributed by atoms with E-state index in [1.54, 1.807) is 5.57 Å². The Morgan fingerprint density at radius 1 is 1.23 bits per heavy atom. The lowest BCUT2D eigenvalue weighted by Crippen LogP contribution is -2.36. The molecule has 3 rings (SSSR count). The molecule has 0 unspecified atom stereocenters. The molecular formula is C27H44O3. The predicted molar refractivity (Wildman–Crippen MR) is 124 cm³/mol.